The van der Waals surface area contributed by atoms with Gasteiger partial charge in [-0.25, -0.2) is 0 Å². The van der Waals surface area contributed by atoms with Crippen molar-refractivity contribution in [2.75, 3.05) is 13.1 Å². The van der Waals surface area contributed by atoms with E-state index in [9.17, 15) is 19.2 Å². The van der Waals surface area contributed by atoms with Gasteiger partial charge in [0, 0.05) is 25.2 Å². The highest BCUT2D eigenvalue weighted by atomic mass is 16.2. The van der Waals surface area contributed by atoms with Crippen LogP contribution in [0, 0.1) is 11.8 Å². The number of benzene rings is 2. The predicted molar refractivity (Wildman–Crippen MR) is 179 cm³/mol. The number of nitrogens with two attached hydrogens (primary N) is 2. The molecule has 11 heteroatoms. The zero-order chi connectivity index (χ0) is 33.2. The van der Waals surface area contributed by atoms with Gasteiger partial charge >= 0.3 is 0 Å². The molecular formula is C34H49N7O4. The predicted octanol–water partition coefficient (Wildman–Crippen LogP) is 2.27. The number of nitrogens with one attached hydrogen (secondary N) is 4. The van der Waals surface area contributed by atoms with Gasteiger partial charge in [0.1, 0.15) is 6.04 Å². The van der Waals surface area contributed by atoms with Crippen LogP contribution in [0.5, 0.6) is 0 Å². The Morgan fingerprint density at radius 1 is 0.867 bits per heavy atom. The Labute approximate surface area is 266 Å². The average molecular weight is 620 g/mol. The second kappa shape index (κ2) is 19.7. The third-order valence-electron chi connectivity index (χ3n) is 7.02. The summed E-state index contributed by atoms with van der Waals surface area (Å²) in [6, 6.07) is 16.8. The number of imide groups is 1. The third kappa shape index (κ3) is 15.2. The number of carbonyl (C=O) groups excluding carboxylic acids is 4. The number of carbonyl (C=O) groups is 4. The van der Waals surface area contributed by atoms with E-state index >= 15 is 0 Å². The summed E-state index contributed by atoms with van der Waals surface area (Å²) in [4.78, 5) is 56.1. The molecule has 0 radical (unpaired) electrons. The molecule has 0 aliphatic rings. The summed E-state index contributed by atoms with van der Waals surface area (Å²) in [5, 5.41) is 11.5. The lowest BCUT2D eigenvalue weighted by molar-refractivity contribution is -0.135. The number of guanidine groups is 1. The van der Waals surface area contributed by atoms with Crippen LogP contribution in [0.4, 0.5) is 0 Å². The van der Waals surface area contributed by atoms with E-state index in [2.05, 4.69) is 26.3 Å². The summed E-state index contributed by atoms with van der Waals surface area (Å²) in [5.41, 5.74) is 12.5. The van der Waals surface area contributed by atoms with Crippen molar-refractivity contribution in [3.05, 3.63) is 77.9 Å². The summed E-state index contributed by atoms with van der Waals surface area (Å²) in [5.74, 6) is -1.55. The highest BCUT2D eigenvalue weighted by Crippen LogP contribution is 2.11. The van der Waals surface area contributed by atoms with Gasteiger partial charge in [-0.3, -0.25) is 29.5 Å². The molecule has 8 N–H and O–H groups in total. The fourth-order valence-corrected chi connectivity index (χ4v) is 4.57. The SMILES string of the molecule is CC(C)C[C@H](N[C@H](CNC(=O)/C=C/c1ccccc1)C(C)C)C(=O)NC(=O)[C@H](CCCN=C(N)N)NC(=O)Cc1ccccc1. The van der Waals surface area contributed by atoms with Crippen LogP contribution in [-0.2, 0) is 25.6 Å². The van der Waals surface area contributed by atoms with Crippen molar-refractivity contribution in [1.82, 2.24) is 21.3 Å². The molecule has 244 valence electrons. The van der Waals surface area contributed by atoms with E-state index in [1.54, 1.807) is 6.08 Å². The second-order valence-corrected chi connectivity index (χ2v) is 11.8. The van der Waals surface area contributed by atoms with Gasteiger partial charge in [-0.2, -0.15) is 0 Å². The van der Waals surface area contributed by atoms with E-state index in [0.29, 0.717) is 12.8 Å². The van der Waals surface area contributed by atoms with E-state index in [0.717, 1.165) is 11.1 Å². The van der Waals surface area contributed by atoms with Crippen molar-refractivity contribution in [1.29, 1.82) is 0 Å². The first-order chi connectivity index (χ1) is 21.4. The van der Waals surface area contributed by atoms with Gasteiger partial charge in [-0.15, -0.1) is 0 Å². The van der Waals surface area contributed by atoms with Crippen molar-refractivity contribution < 1.29 is 19.2 Å². The largest absolute Gasteiger partial charge is 0.370 e. The summed E-state index contributed by atoms with van der Waals surface area (Å²) in [6.45, 7) is 8.52. The van der Waals surface area contributed by atoms with Crippen molar-refractivity contribution >= 4 is 35.7 Å². The van der Waals surface area contributed by atoms with Gasteiger partial charge in [0.2, 0.25) is 23.6 Å². The summed E-state index contributed by atoms with van der Waals surface area (Å²) >= 11 is 0. The molecule has 4 amide bonds. The smallest absolute Gasteiger partial charge is 0.249 e. The zero-order valence-electron chi connectivity index (χ0n) is 26.8. The molecule has 0 aromatic heterocycles. The molecule has 2 aromatic rings. The molecule has 2 rings (SSSR count). The quantitative estimate of drug-likeness (QED) is 0.0641. The second-order valence-electron chi connectivity index (χ2n) is 11.8. The molecule has 11 nitrogen and oxygen atoms in total. The van der Waals surface area contributed by atoms with Crippen molar-refractivity contribution in [3.8, 4) is 0 Å². The molecule has 3 atom stereocenters. The average Bonchev–Trinajstić information content (AvgIpc) is 2.99. The maximum atomic E-state index is 13.5. The molecule has 45 heavy (non-hydrogen) atoms. The number of nitrogens with zero attached hydrogens (tertiary/aromatic N) is 1. The van der Waals surface area contributed by atoms with Crippen molar-refractivity contribution in [3.63, 3.8) is 0 Å². The van der Waals surface area contributed by atoms with Crippen LogP contribution >= 0.6 is 0 Å². The van der Waals surface area contributed by atoms with Crippen LogP contribution in [-0.4, -0.2) is 60.8 Å². The number of amides is 4. The van der Waals surface area contributed by atoms with Gasteiger partial charge in [-0.1, -0.05) is 88.4 Å². The lowest BCUT2D eigenvalue weighted by Crippen LogP contribution is -2.57. The lowest BCUT2D eigenvalue weighted by atomic mass is 9.98. The monoisotopic (exact) mass is 619 g/mol. The minimum atomic E-state index is -0.962. The van der Waals surface area contributed by atoms with E-state index in [1.165, 1.54) is 6.08 Å². The number of rotatable bonds is 18. The van der Waals surface area contributed by atoms with Gasteiger partial charge in [0.15, 0.2) is 5.96 Å². The molecule has 0 aliphatic carbocycles. The van der Waals surface area contributed by atoms with E-state index in [4.69, 9.17) is 11.5 Å². The lowest BCUT2D eigenvalue weighted by Gasteiger charge is -2.29. The van der Waals surface area contributed by atoms with Crippen molar-refractivity contribution in [2.45, 2.75) is 71.5 Å². The minimum Gasteiger partial charge on any atom is -0.370 e. The van der Waals surface area contributed by atoms with Gasteiger partial charge in [0.05, 0.1) is 12.5 Å². The maximum Gasteiger partial charge on any atom is 0.249 e. The van der Waals surface area contributed by atoms with Crippen LogP contribution in [0.15, 0.2) is 71.7 Å². The molecule has 0 heterocycles. The minimum absolute atomic E-state index is 0.0648. The van der Waals surface area contributed by atoms with E-state index in [-0.39, 0.29) is 61.6 Å². The molecule has 0 unspecified atom stereocenters. The van der Waals surface area contributed by atoms with Crippen LogP contribution in [0.2, 0.25) is 0 Å². The fraction of sp³-hybridized carbons (Fsp3) is 0.441. The molecule has 0 fully saturated rings. The first-order valence-corrected chi connectivity index (χ1v) is 15.4. The molecule has 0 aliphatic heterocycles. The normalized spacial score (nSPS) is 13.2. The number of aliphatic imine (C=N–C) groups is 1. The molecule has 0 saturated heterocycles. The molecule has 0 bridgehead atoms. The Balaban J connectivity index is 2.08. The number of hydrogen-bond donors (Lipinski definition) is 6. The fourth-order valence-electron chi connectivity index (χ4n) is 4.57. The Kier molecular flexibility index (Phi) is 16.1. The van der Waals surface area contributed by atoms with Gasteiger partial charge < -0.3 is 27.4 Å². The topological polar surface area (TPSA) is 181 Å². The van der Waals surface area contributed by atoms with Crippen LogP contribution in [0.3, 0.4) is 0 Å². The zero-order valence-corrected chi connectivity index (χ0v) is 26.8. The first-order valence-electron chi connectivity index (χ1n) is 15.4. The molecule has 2 aromatic carbocycles. The first kappa shape index (κ1) is 36.7. The third-order valence-corrected chi connectivity index (χ3v) is 7.02. The Morgan fingerprint density at radius 3 is 2.09 bits per heavy atom. The van der Waals surface area contributed by atoms with Crippen LogP contribution in [0.25, 0.3) is 6.08 Å². The molecule has 0 saturated carbocycles. The van der Waals surface area contributed by atoms with Gasteiger partial charge in [-0.05, 0) is 48.3 Å². The molecular weight excluding hydrogens is 570 g/mol. The van der Waals surface area contributed by atoms with Crippen LogP contribution in [0.1, 0.15) is 58.1 Å². The number of hydrogen-bond acceptors (Lipinski definition) is 6. The van der Waals surface area contributed by atoms with E-state index < -0.39 is 23.9 Å². The maximum absolute atomic E-state index is 13.5. The summed E-state index contributed by atoms with van der Waals surface area (Å²) in [6.07, 6.45) is 4.41. The standard InChI is InChI=1S/C34H49N7O4/c1-23(2)20-28(39-29(24(3)4)22-38-30(42)18-17-25-12-7-5-8-13-25)33(45)41-32(44)27(16-11-19-37-34(35)36)40-31(43)21-26-14-9-6-10-15-26/h5-10,12-15,17-18,23-24,27-29,39H,11,16,19-22H2,1-4H3,(H,38,42)(H,40,43)(H4,35,36,37)(H,41,44,45)/b18-17+/t27-,28-,29+/m0/s1. The van der Waals surface area contributed by atoms with Crippen LogP contribution < -0.4 is 32.7 Å². The summed E-state index contributed by atoms with van der Waals surface area (Å²) in [7, 11) is 0. The molecule has 0 spiro atoms. The van der Waals surface area contributed by atoms with Crippen molar-refractivity contribution in [2.24, 2.45) is 28.3 Å². The highest BCUT2D eigenvalue weighted by Gasteiger charge is 2.29. The highest BCUT2D eigenvalue weighted by molar-refractivity contribution is 6.01. The summed E-state index contributed by atoms with van der Waals surface area (Å²) < 4.78 is 0. The Bertz CT molecular complexity index is 1280. The Hall–Kier alpha value is -4.51. The van der Waals surface area contributed by atoms with Gasteiger partial charge in [0.25, 0.3) is 0 Å². The van der Waals surface area contributed by atoms with E-state index in [1.807, 2.05) is 88.4 Å². The Morgan fingerprint density at radius 2 is 1.49 bits per heavy atom.